The molecule has 0 spiro atoms. The lowest BCUT2D eigenvalue weighted by Gasteiger charge is -2.25. The van der Waals surface area contributed by atoms with E-state index in [-0.39, 0.29) is 17.8 Å². The lowest BCUT2D eigenvalue weighted by Crippen LogP contribution is -2.34. The van der Waals surface area contributed by atoms with Gasteiger partial charge in [0, 0.05) is 5.92 Å². The first kappa shape index (κ1) is 9.95. The summed E-state index contributed by atoms with van der Waals surface area (Å²) in [5.41, 5.74) is 0. The number of nitrogens with two attached hydrogens (primary N) is 1. The van der Waals surface area contributed by atoms with Crippen LogP contribution in [0.4, 0.5) is 0 Å². The molecule has 0 radical (unpaired) electrons. The minimum atomic E-state index is -2.82. The second-order valence-corrected chi connectivity index (χ2v) is 5.59. The summed E-state index contributed by atoms with van der Waals surface area (Å²) in [6.07, 6.45) is 1.48. The lowest BCUT2D eigenvalue weighted by atomic mass is 10.0. The van der Waals surface area contributed by atoms with E-state index in [0.717, 1.165) is 12.8 Å². The van der Waals surface area contributed by atoms with Crippen molar-refractivity contribution in [3.63, 3.8) is 0 Å². The van der Waals surface area contributed by atoms with Gasteiger partial charge in [-0.05, 0) is 19.8 Å². The zero-order chi connectivity index (χ0) is 9.19. The van der Waals surface area contributed by atoms with E-state index in [2.05, 4.69) is 4.84 Å². The molecule has 1 aliphatic heterocycles. The Labute approximate surface area is 73.0 Å². The van der Waals surface area contributed by atoms with Gasteiger partial charge in [0.15, 0.2) is 9.84 Å². The van der Waals surface area contributed by atoms with Crippen molar-refractivity contribution >= 4 is 9.84 Å². The summed E-state index contributed by atoms with van der Waals surface area (Å²) in [5.74, 6) is 5.62. The fourth-order valence-electron chi connectivity index (χ4n) is 1.54. The molecule has 2 unspecified atom stereocenters. The van der Waals surface area contributed by atoms with Crippen molar-refractivity contribution in [3.8, 4) is 0 Å². The van der Waals surface area contributed by atoms with Crippen LogP contribution in [0.5, 0.6) is 0 Å². The fraction of sp³-hybridized carbons (Fsp3) is 1.00. The summed E-state index contributed by atoms with van der Waals surface area (Å²) < 4.78 is 22.4. The molecule has 5 heteroatoms. The predicted octanol–water partition coefficient (Wildman–Crippen LogP) is 0.0900. The third-order valence-electron chi connectivity index (χ3n) is 2.38. The number of rotatable bonds is 2. The molecule has 0 amide bonds. The monoisotopic (exact) mass is 193 g/mol. The smallest absolute Gasteiger partial charge is 0.150 e. The molecule has 0 aromatic carbocycles. The van der Waals surface area contributed by atoms with Crippen LogP contribution in [0.3, 0.4) is 0 Å². The Hall–Kier alpha value is -0.130. The minimum Gasteiger partial charge on any atom is -0.301 e. The zero-order valence-electron chi connectivity index (χ0n) is 7.19. The van der Waals surface area contributed by atoms with Crippen LogP contribution < -0.4 is 5.90 Å². The van der Waals surface area contributed by atoms with Crippen LogP contribution in [-0.2, 0) is 14.7 Å². The van der Waals surface area contributed by atoms with Gasteiger partial charge in [-0.1, -0.05) is 0 Å². The van der Waals surface area contributed by atoms with Gasteiger partial charge in [0.05, 0.1) is 17.6 Å². The number of hydrogen-bond acceptors (Lipinski definition) is 4. The van der Waals surface area contributed by atoms with Crippen LogP contribution in [0.15, 0.2) is 0 Å². The van der Waals surface area contributed by atoms with E-state index in [1.54, 1.807) is 0 Å². The van der Waals surface area contributed by atoms with Crippen LogP contribution in [0, 0.1) is 5.92 Å². The van der Waals surface area contributed by atoms with Crippen molar-refractivity contribution in [2.45, 2.75) is 25.9 Å². The van der Waals surface area contributed by atoms with E-state index >= 15 is 0 Å². The number of sulfone groups is 1. The van der Waals surface area contributed by atoms with Crippen LogP contribution >= 0.6 is 0 Å². The average Bonchev–Trinajstić information content (AvgIpc) is 2.01. The summed E-state index contributed by atoms with van der Waals surface area (Å²) in [4.78, 5) is 4.62. The molecule has 0 aromatic rings. The largest absolute Gasteiger partial charge is 0.301 e. The van der Waals surface area contributed by atoms with E-state index in [1.807, 2.05) is 6.92 Å². The van der Waals surface area contributed by atoms with E-state index < -0.39 is 9.84 Å². The van der Waals surface area contributed by atoms with Gasteiger partial charge in [0.1, 0.15) is 0 Å². The van der Waals surface area contributed by atoms with Crippen molar-refractivity contribution in [1.29, 1.82) is 0 Å². The third-order valence-corrected chi connectivity index (χ3v) is 4.22. The quantitative estimate of drug-likeness (QED) is 0.631. The van der Waals surface area contributed by atoms with Crippen molar-refractivity contribution in [2.75, 3.05) is 11.5 Å². The first-order chi connectivity index (χ1) is 5.55. The molecular weight excluding hydrogens is 178 g/mol. The lowest BCUT2D eigenvalue weighted by molar-refractivity contribution is 0.0269. The van der Waals surface area contributed by atoms with E-state index in [0.29, 0.717) is 5.75 Å². The SMILES string of the molecule is CC(ON)C1CCCS(=O)(=O)C1. The Kier molecular flexibility index (Phi) is 3.09. The van der Waals surface area contributed by atoms with Crippen molar-refractivity contribution in [1.82, 2.24) is 0 Å². The highest BCUT2D eigenvalue weighted by Gasteiger charge is 2.28. The Morgan fingerprint density at radius 2 is 2.25 bits per heavy atom. The molecular formula is C7H15NO3S. The molecule has 1 fully saturated rings. The van der Waals surface area contributed by atoms with Crippen molar-refractivity contribution in [3.05, 3.63) is 0 Å². The maximum atomic E-state index is 11.2. The summed E-state index contributed by atoms with van der Waals surface area (Å²) >= 11 is 0. The zero-order valence-corrected chi connectivity index (χ0v) is 8.01. The molecule has 0 bridgehead atoms. The molecule has 0 aliphatic carbocycles. The summed E-state index contributed by atoms with van der Waals surface area (Å²) in [6.45, 7) is 1.81. The minimum absolute atomic E-state index is 0.0775. The highest BCUT2D eigenvalue weighted by atomic mass is 32.2. The Balaban J connectivity index is 2.58. The normalized spacial score (nSPS) is 31.3. The van der Waals surface area contributed by atoms with Gasteiger partial charge in [-0.2, -0.15) is 0 Å². The molecule has 1 aliphatic rings. The topological polar surface area (TPSA) is 69.4 Å². The third kappa shape index (κ3) is 2.43. The molecule has 12 heavy (non-hydrogen) atoms. The van der Waals surface area contributed by atoms with Crippen molar-refractivity contribution < 1.29 is 13.3 Å². The van der Waals surface area contributed by atoms with Gasteiger partial charge in [0.25, 0.3) is 0 Å². The molecule has 2 atom stereocenters. The summed E-state index contributed by atoms with van der Waals surface area (Å²) in [6, 6.07) is 0. The second kappa shape index (κ2) is 3.72. The molecule has 0 aromatic heterocycles. The second-order valence-electron chi connectivity index (χ2n) is 3.36. The Morgan fingerprint density at radius 1 is 1.58 bits per heavy atom. The van der Waals surface area contributed by atoms with Crippen LogP contribution in [-0.4, -0.2) is 26.0 Å². The summed E-state index contributed by atoms with van der Waals surface area (Å²) in [5, 5.41) is 0. The standard InChI is InChI=1S/C7H15NO3S/c1-6(11-8)7-3-2-4-12(9,10)5-7/h6-7H,2-5,8H2,1H3. The highest BCUT2D eigenvalue weighted by molar-refractivity contribution is 7.91. The average molecular weight is 193 g/mol. The summed E-state index contributed by atoms with van der Waals surface area (Å²) in [7, 11) is -2.82. The predicted molar refractivity (Wildman–Crippen MR) is 46.1 cm³/mol. The van der Waals surface area contributed by atoms with E-state index in [9.17, 15) is 8.42 Å². The van der Waals surface area contributed by atoms with Gasteiger partial charge in [-0.15, -0.1) is 0 Å². The van der Waals surface area contributed by atoms with Gasteiger partial charge < -0.3 is 4.84 Å². The van der Waals surface area contributed by atoms with Gasteiger partial charge in [-0.3, -0.25) is 0 Å². The molecule has 2 N–H and O–H groups in total. The molecule has 1 heterocycles. The molecule has 1 rings (SSSR count). The van der Waals surface area contributed by atoms with Crippen LogP contribution in [0.25, 0.3) is 0 Å². The molecule has 0 saturated carbocycles. The maximum Gasteiger partial charge on any atom is 0.150 e. The Morgan fingerprint density at radius 3 is 2.75 bits per heavy atom. The molecule has 72 valence electrons. The van der Waals surface area contributed by atoms with Gasteiger partial charge in [0.2, 0.25) is 0 Å². The van der Waals surface area contributed by atoms with Gasteiger partial charge >= 0.3 is 0 Å². The Bertz CT molecular complexity index is 237. The first-order valence-corrected chi connectivity index (χ1v) is 5.93. The van der Waals surface area contributed by atoms with Crippen LogP contribution in [0.2, 0.25) is 0 Å². The molecule has 1 saturated heterocycles. The van der Waals surface area contributed by atoms with Gasteiger partial charge in [-0.25, -0.2) is 14.3 Å². The fourth-order valence-corrected chi connectivity index (χ4v) is 3.40. The van der Waals surface area contributed by atoms with Crippen molar-refractivity contribution in [2.24, 2.45) is 11.8 Å². The first-order valence-electron chi connectivity index (χ1n) is 4.11. The highest BCUT2D eigenvalue weighted by Crippen LogP contribution is 2.22. The maximum absolute atomic E-state index is 11.2. The van der Waals surface area contributed by atoms with E-state index in [1.165, 1.54) is 0 Å². The molecule has 4 nitrogen and oxygen atoms in total. The van der Waals surface area contributed by atoms with E-state index in [4.69, 9.17) is 5.90 Å². The number of hydrogen-bond donors (Lipinski definition) is 1. The van der Waals surface area contributed by atoms with Crippen LogP contribution in [0.1, 0.15) is 19.8 Å².